The van der Waals surface area contributed by atoms with Gasteiger partial charge in [0.1, 0.15) is 0 Å². The van der Waals surface area contributed by atoms with Crippen LogP contribution < -0.4 is 0 Å². The zero-order valence-electron chi connectivity index (χ0n) is 8.87. The first-order valence-corrected chi connectivity index (χ1v) is 4.80. The predicted octanol–water partition coefficient (Wildman–Crippen LogP) is 1.44. The van der Waals surface area contributed by atoms with Gasteiger partial charge in [0.2, 0.25) is 0 Å². The molecule has 3 heteroatoms. The van der Waals surface area contributed by atoms with Crippen molar-refractivity contribution in [3.8, 4) is 0 Å². The summed E-state index contributed by atoms with van der Waals surface area (Å²) in [4.78, 5) is 0. The van der Waals surface area contributed by atoms with Gasteiger partial charge in [-0.05, 0) is 19.8 Å². The third kappa shape index (κ3) is 3.59. The molecular weight excluding hydrogens is 151 g/mol. The Morgan fingerprint density at radius 3 is 1.92 bits per heavy atom. The molecule has 0 fully saturated rings. The van der Waals surface area contributed by atoms with Crippen LogP contribution in [-0.4, -0.2) is 24.8 Å². The Balaban J connectivity index is 4.09. The number of aliphatic hydroxyl groups is 1. The summed E-state index contributed by atoms with van der Waals surface area (Å²) in [6.45, 7) is 10.1. The second-order valence-corrected chi connectivity index (χ2v) is 3.72. The summed E-state index contributed by atoms with van der Waals surface area (Å²) in [6, 6.07) is 0. The van der Waals surface area contributed by atoms with Crippen molar-refractivity contribution < 1.29 is 9.76 Å². The largest absolute Gasteiger partial charge is 0.437 e. The van der Waals surface area contributed by atoms with Crippen LogP contribution in [0, 0.1) is 11.8 Å². The van der Waals surface area contributed by atoms with E-state index >= 15 is 0 Å². The molecule has 0 bridgehead atoms. The van der Waals surface area contributed by atoms with Gasteiger partial charge < -0.3 is 9.76 Å². The van der Waals surface area contributed by atoms with Crippen LogP contribution in [0.4, 0.5) is 0 Å². The SMILES string of the molecule is CBOC(C)[C@H](C(C)C)C(C)O. The van der Waals surface area contributed by atoms with Crippen molar-refractivity contribution in [2.45, 2.75) is 46.7 Å². The average molecular weight is 172 g/mol. The highest BCUT2D eigenvalue weighted by Crippen LogP contribution is 2.21. The summed E-state index contributed by atoms with van der Waals surface area (Å²) >= 11 is 0. The summed E-state index contributed by atoms with van der Waals surface area (Å²) in [5.41, 5.74) is 0. The molecule has 2 nitrogen and oxygen atoms in total. The van der Waals surface area contributed by atoms with Crippen LogP contribution in [0.3, 0.4) is 0 Å². The Hall–Kier alpha value is -0.0151. The molecule has 0 aliphatic heterocycles. The third-order valence-electron chi connectivity index (χ3n) is 2.30. The van der Waals surface area contributed by atoms with Crippen LogP contribution in [-0.2, 0) is 4.65 Å². The molecule has 0 saturated heterocycles. The van der Waals surface area contributed by atoms with E-state index in [1.807, 2.05) is 20.7 Å². The molecule has 0 saturated carbocycles. The van der Waals surface area contributed by atoms with Crippen LogP contribution >= 0.6 is 0 Å². The molecule has 0 aromatic carbocycles. The normalized spacial score (nSPS) is 18.9. The summed E-state index contributed by atoms with van der Waals surface area (Å²) in [6.07, 6.45) is -0.137. The maximum atomic E-state index is 9.50. The molecule has 0 spiro atoms. The molecular formula is C9H21BO2. The van der Waals surface area contributed by atoms with Gasteiger partial charge in [-0.15, -0.1) is 0 Å². The Morgan fingerprint density at radius 2 is 1.67 bits per heavy atom. The first-order valence-electron chi connectivity index (χ1n) is 4.80. The van der Waals surface area contributed by atoms with Crippen molar-refractivity contribution in [3.05, 3.63) is 0 Å². The smallest absolute Gasteiger partial charge is 0.272 e. The first-order chi connectivity index (χ1) is 5.50. The van der Waals surface area contributed by atoms with Crippen LogP contribution in [0.5, 0.6) is 0 Å². The Kier molecular flexibility index (Phi) is 5.59. The van der Waals surface area contributed by atoms with Gasteiger partial charge in [-0.1, -0.05) is 20.7 Å². The van der Waals surface area contributed by atoms with Crippen molar-refractivity contribution in [3.63, 3.8) is 0 Å². The van der Waals surface area contributed by atoms with Crippen molar-refractivity contribution in [1.82, 2.24) is 0 Å². The quantitative estimate of drug-likeness (QED) is 0.636. The molecule has 3 atom stereocenters. The fourth-order valence-corrected chi connectivity index (χ4v) is 1.87. The maximum Gasteiger partial charge on any atom is 0.272 e. The monoisotopic (exact) mass is 172 g/mol. The van der Waals surface area contributed by atoms with Crippen molar-refractivity contribution in [2.24, 2.45) is 11.8 Å². The fraction of sp³-hybridized carbons (Fsp3) is 1.00. The highest BCUT2D eigenvalue weighted by molar-refractivity contribution is 6.24. The topological polar surface area (TPSA) is 29.5 Å². The lowest BCUT2D eigenvalue weighted by atomic mass is 9.86. The minimum Gasteiger partial charge on any atom is -0.437 e. The minimum absolute atomic E-state index is 0.148. The zero-order valence-corrected chi connectivity index (χ0v) is 8.87. The molecule has 0 heterocycles. The molecule has 0 aliphatic rings. The molecule has 0 aliphatic carbocycles. The van der Waals surface area contributed by atoms with Gasteiger partial charge in [-0.2, -0.15) is 0 Å². The second-order valence-electron chi connectivity index (χ2n) is 3.72. The predicted molar refractivity (Wildman–Crippen MR) is 53.6 cm³/mol. The van der Waals surface area contributed by atoms with E-state index in [0.717, 1.165) is 7.48 Å². The van der Waals surface area contributed by atoms with E-state index in [2.05, 4.69) is 13.8 Å². The van der Waals surface area contributed by atoms with E-state index < -0.39 is 0 Å². The Labute approximate surface area is 76.6 Å². The molecule has 0 aromatic heterocycles. The second kappa shape index (κ2) is 5.60. The standard InChI is InChI=1S/C9H21BO2/c1-6(2)9(7(3)11)8(4)12-10-5/h6-11H,1-5H3/t7?,8?,9-/m1/s1. The first kappa shape index (κ1) is 12.0. The van der Waals surface area contributed by atoms with Crippen LogP contribution in [0.2, 0.25) is 6.82 Å². The van der Waals surface area contributed by atoms with Crippen LogP contribution in [0.1, 0.15) is 27.7 Å². The average Bonchev–Trinajstić information content (AvgIpc) is 1.85. The summed E-state index contributed by atoms with van der Waals surface area (Å²) in [7, 11) is 0.719. The van der Waals surface area contributed by atoms with Crippen molar-refractivity contribution in [1.29, 1.82) is 0 Å². The highest BCUT2D eigenvalue weighted by Gasteiger charge is 2.25. The molecule has 72 valence electrons. The van der Waals surface area contributed by atoms with Gasteiger partial charge >= 0.3 is 0 Å². The van der Waals surface area contributed by atoms with E-state index in [-0.39, 0.29) is 18.1 Å². The number of hydrogen-bond acceptors (Lipinski definition) is 2. The van der Waals surface area contributed by atoms with E-state index in [9.17, 15) is 5.11 Å². The Morgan fingerprint density at radius 1 is 1.17 bits per heavy atom. The molecule has 12 heavy (non-hydrogen) atoms. The van der Waals surface area contributed by atoms with Crippen molar-refractivity contribution >= 4 is 7.48 Å². The molecule has 0 rings (SSSR count). The van der Waals surface area contributed by atoms with E-state index in [1.54, 1.807) is 0 Å². The van der Waals surface area contributed by atoms with Gasteiger partial charge in [-0.3, -0.25) is 0 Å². The van der Waals surface area contributed by atoms with E-state index in [4.69, 9.17) is 4.65 Å². The summed E-state index contributed by atoms with van der Waals surface area (Å²) in [5, 5.41) is 9.50. The van der Waals surface area contributed by atoms with Gasteiger partial charge in [0.15, 0.2) is 0 Å². The number of rotatable bonds is 5. The van der Waals surface area contributed by atoms with Gasteiger partial charge in [0.05, 0.1) is 6.10 Å². The molecule has 1 N–H and O–H groups in total. The molecule has 0 aromatic rings. The third-order valence-corrected chi connectivity index (χ3v) is 2.30. The van der Waals surface area contributed by atoms with Crippen molar-refractivity contribution in [2.75, 3.05) is 0 Å². The molecule has 0 amide bonds. The lowest BCUT2D eigenvalue weighted by Gasteiger charge is -2.29. The highest BCUT2D eigenvalue weighted by atomic mass is 16.4. The van der Waals surface area contributed by atoms with Gasteiger partial charge in [0, 0.05) is 12.0 Å². The maximum absolute atomic E-state index is 9.50. The summed E-state index contributed by atoms with van der Waals surface area (Å²) in [5.74, 6) is 0.705. The van der Waals surface area contributed by atoms with E-state index in [0.29, 0.717) is 5.92 Å². The number of aliphatic hydroxyl groups excluding tert-OH is 1. The zero-order chi connectivity index (χ0) is 9.72. The summed E-state index contributed by atoms with van der Waals surface area (Å²) < 4.78 is 5.47. The Bertz CT molecular complexity index is 107. The van der Waals surface area contributed by atoms with Gasteiger partial charge in [-0.25, -0.2) is 0 Å². The lowest BCUT2D eigenvalue weighted by molar-refractivity contribution is 0.0209. The molecule has 0 radical (unpaired) electrons. The fourth-order valence-electron chi connectivity index (χ4n) is 1.87. The van der Waals surface area contributed by atoms with Crippen LogP contribution in [0.15, 0.2) is 0 Å². The van der Waals surface area contributed by atoms with Gasteiger partial charge in [0.25, 0.3) is 7.48 Å². The van der Waals surface area contributed by atoms with E-state index in [1.165, 1.54) is 0 Å². The lowest BCUT2D eigenvalue weighted by Crippen LogP contribution is -2.34. The van der Waals surface area contributed by atoms with Crippen LogP contribution in [0.25, 0.3) is 0 Å². The minimum atomic E-state index is -0.286. The molecule has 2 unspecified atom stereocenters. The number of hydrogen-bond donors (Lipinski definition) is 1.